The fourth-order valence-electron chi connectivity index (χ4n) is 2.53. The number of benzene rings is 2. The molecule has 0 unspecified atom stereocenters. The van der Waals surface area contributed by atoms with Crippen LogP contribution in [-0.4, -0.2) is 24.6 Å². The lowest BCUT2D eigenvalue weighted by molar-refractivity contribution is 0.102. The Labute approximate surface area is 158 Å². The number of methoxy groups -OCH3 is 1. The number of ether oxygens (including phenoxy) is 2. The number of pyridine rings is 1. The Morgan fingerprint density at radius 1 is 1.07 bits per heavy atom. The zero-order valence-corrected chi connectivity index (χ0v) is 15.2. The van der Waals surface area contributed by atoms with E-state index in [4.69, 9.17) is 9.47 Å². The predicted molar refractivity (Wildman–Crippen MR) is 106 cm³/mol. The number of aromatic nitrogens is 1. The van der Waals surface area contributed by atoms with Crippen LogP contribution in [-0.2, 0) is 0 Å². The number of amides is 1. The first-order valence-corrected chi connectivity index (χ1v) is 8.60. The second-order valence-electron chi connectivity index (χ2n) is 5.67. The zero-order valence-electron chi connectivity index (χ0n) is 15.2. The summed E-state index contributed by atoms with van der Waals surface area (Å²) in [7, 11) is 1.57. The molecule has 1 amide bonds. The summed E-state index contributed by atoms with van der Waals surface area (Å²) in [5, 5.41) is 6.04. The molecule has 3 aromatic rings. The molecule has 0 aliphatic heterocycles. The summed E-state index contributed by atoms with van der Waals surface area (Å²) in [4.78, 5) is 16.8. The Morgan fingerprint density at radius 2 is 1.85 bits per heavy atom. The third-order valence-electron chi connectivity index (χ3n) is 3.82. The van der Waals surface area contributed by atoms with Gasteiger partial charge in [-0.1, -0.05) is 12.1 Å². The Hall–Kier alpha value is -3.54. The van der Waals surface area contributed by atoms with E-state index in [9.17, 15) is 4.79 Å². The number of rotatable bonds is 7. The molecule has 3 rings (SSSR count). The van der Waals surface area contributed by atoms with Gasteiger partial charge in [-0.05, 0) is 55.5 Å². The summed E-state index contributed by atoms with van der Waals surface area (Å²) in [6.07, 6.45) is 1.59. The number of hydrogen-bond donors (Lipinski definition) is 2. The second-order valence-corrected chi connectivity index (χ2v) is 5.67. The fourth-order valence-corrected chi connectivity index (χ4v) is 2.53. The van der Waals surface area contributed by atoms with E-state index in [1.807, 2.05) is 43.3 Å². The van der Waals surface area contributed by atoms with Crippen LogP contribution in [0.2, 0.25) is 0 Å². The van der Waals surface area contributed by atoms with Crippen molar-refractivity contribution in [3.05, 3.63) is 72.4 Å². The van der Waals surface area contributed by atoms with E-state index in [-0.39, 0.29) is 5.91 Å². The molecule has 0 atom stereocenters. The summed E-state index contributed by atoms with van der Waals surface area (Å²) in [5.41, 5.74) is 1.96. The molecule has 2 aromatic carbocycles. The molecule has 0 aliphatic carbocycles. The predicted octanol–water partition coefficient (Wildman–Crippen LogP) is 4.48. The molecule has 6 nitrogen and oxygen atoms in total. The van der Waals surface area contributed by atoms with Crippen molar-refractivity contribution in [1.82, 2.24) is 4.98 Å². The van der Waals surface area contributed by atoms with Gasteiger partial charge in [0.25, 0.3) is 5.91 Å². The highest BCUT2D eigenvalue weighted by Gasteiger charge is 2.10. The van der Waals surface area contributed by atoms with E-state index in [1.165, 1.54) is 0 Å². The van der Waals surface area contributed by atoms with E-state index in [0.29, 0.717) is 29.4 Å². The molecule has 0 fully saturated rings. The van der Waals surface area contributed by atoms with E-state index in [0.717, 1.165) is 11.4 Å². The summed E-state index contributed by atoms with van der Waals surface area (Å²) < 4.78 is 10.7. The molecule has 0 saturated carbocycles. The van der Waals surface area contributed by atoms with Crippen LogP contribution in [0.25, 0.3) is 0 Å². The van der Waals surface area contributed by atoms with Gasteiger partial charge >= 0.3 is 0 Å². The normalized spacial score (nSPS) is 10.1. The third kappa shape index (κ3) is 4.76. The van der Waals surface area contributed by atoms with Crippen molar-refractivity contribution in [2.24, 2.45) is 0 Å². The van der Waals surface area contributed by atoms with Gasteiger partial charge in [0, 0.05) is 17.4 Å². The van der Waals surface area contributed by atoms with Crippen LogP contribution in [0.4, 0.5) is 17.2 Å². The van der Waals surface area contributed by atoms with Gasteiger partial charge in [-0.2, -0.15) is 0 Å². The smallest absolute Gasteiger partial charge is 0.255 e. The summed E-state index contributed by atoms with van der Waals surface area (Å²) in [6.45, 7) is 2.56. The lowest BCUT2D eigenvalue weighted by Crippen LogP contribution is -2.13. The topological polar surface area (TPSA) is 72.5 Å². The highest BCUT2D eigenvalue weighted by atomic mass is 16.5. The summed E-state index contributed by atoms with van der Waals surface area (Å²) in [6, 6.07) is 18.2. The highest BCUT2D eigenvalue weighted by Crippen LogP contribution is 2.24. The molecule has 1 heterocycles. The number of para-hydroxylation sites is 2. The Kier molecular flexibility index (Phi) is 5.89. The van der Waals surface area contributed by atoms with Gasteiger partial charge in [-0.25, -0.2) is 4.98 Å². The molecule has 27 heavy (non-hydrogen) atoms. The number of anilines is 3. The van der Waals surface area contributed by atoms with Gasteiger partial charge in [-0.3, -0.25) is 4.79 Å². The van der Waals surface area contributed by atoms with Crippen molar-refractivity contribution in [2.45, 2.75) is 6.92 Å². The van der Waals surface area contributed by atoms with Crippen molar-refractivity contribution < 1.29 is 14.3 Å². The van der Waals surface area contributed by atoms with Crippen LogP contribution in [0.3, 0.4) is 0 Å². The maximum Gasteiger partial charge on any atom is 0.255 e. The first-order chi connectivity index (χ1) is 13.2. The Bertz CT molecular complexity index is 911. The molecular formula is C21H21N3O3. The minimum atomic E-state index is -0.239. The molecule has 138 valence electrons. The Morgan fingerprint density at radius 3 is 2.59 bits per heavy atom. The van der Waals surface area contributed by atoms with Crippen LogP contribution in [0.15, 0.2) is 66.9 Å². The monoisotopic (exact) mass is 363 g/mol. The number of carbonyl (C=O) groups is 1. The van der Waals surface area contributed by atoms with Crippen LogP contribution in [0.5, 0.6) is 11.5 Å². The minimum absolute atomic E-state index is 0.239. The largest absolute Gasteiger partial charge is 0.495 e. The first kappa shape index (κ1) is 18.3. The van der Waals surface area contributed by atoms with Crippen molar-refractivity contribution >= 4 is 23.1 Å². The molecular weight excluding hydrogens is 342 g/mol. The molecule has 0 saturated heterocycles. The van der Waals surface area contributed by atoms with Crippen molar-refractivity contribution in [3.63, 3.8) is 0 Å². The van der Waals surface area contributed by atoms with Crippen LogP contribution >= 0.6 is 0 Å². The molecule has 1 aromatic heterocycles. The quantitative estimate of drug-likeness (QED) is 0.647. The van der Waals surface area contributed by atoms with Crippen molar-refractivity contribution in [3.8, 4) is 11.5 Å². The van der Waals surface area contributed by atoms with E-state index in [2.05, 4.69) is 15.6 Å². The van der Waals surface area contributed by atoms with Gasteiger partial charge in [0.1, 0.15) is 17.3 Å². The summed E-state index contributed by atoms with van der Waals surface area (Å²) in [5.74, 6) is 1.75. The second kappa shape index (κ2) is 8.71. The average molecular weight is 363 g/mol. The van der Waals surface area contributed by atoms with Crippen molar-refractivity contribution in [1.29, 1.82) is 0 Å². The van der Waals surface area contributed by atoms with Gasteiger partial charge in [-0.15, -0.1) is 0 Å². The van der Waals surface area contributed by atoms with E-state index < -0.39 is 0 Å². The highest BCUT2D eigenvalue weighted by molar-refractivity contribution is 6.05. The molecule has 0 bridgehead atoms. The SMILES string of the molecule is CCOc1ccc(Nc2cc(C(=O)Nc3ccccc3OC)ccn2)cc1. The number of hydrogen-bond acceptors (Lipinski definition) is 5. The third-order valence-corrected chi connectivity index (χ3v) is 3.82. The molecule has 2 N–H and O–H groups in total. The van der Waals surface area contributed by atoms with Gasteiger partial charge in [0.05, 0.1) is 19.4 Å². The lowest BCUT2D eigenvalue weighted by Gasteiger charge is -2.11. The average Bonchev–Trinajstić information content (AvgIpc) is 2.70. The first-order valence-electron chi connectivity index (χ1n) is 8.60. The maximum atomic E-state index is 12.6. The number of carbonyl (C=O) groups excluding carboxylic acids is 1. The van der Waals surface area contributed by atoms with E-state index >= 15 is 0 Å². The minimum Gasteiger partial charge on any atom is -0.495 e. The molecule has 0 aliphatic rings. The molecule has 0 spiro atoms. The van der Waals surface area contributed by atoms with Crippen LogP contribution in [0, 0.1) is 0 Å². The van der Waals surface area contributed by atoms with Crippen LogP contribution < -0.4 is 20.1 Å². The van der Waals surface area contributed by atoms with E-state index in [1.54, 1.807) is 37.6 Å². The fraction of sp³-hybridized carbons (Fsp3) is 0.143. The maximum absolute atomic E-state index is 12.6. The number of nitrogens with zero attached hydrogens (tertiary/aromatic N) is 1. The van der Waals surface area contributed by atoms with Crippen molar-refractivity contribution in [2.75, 3.05) is 24.4 Å². The Balaban J connectivity index is 1.72. The number of nitrogens with one attached hydrogen (secondary N) is 2. The van der Waals surface area contributed by atoms with Crippen LogP contribution in [0.1, 0.15) is 17.3 Å². The zero-order chi connectivity index (χ0) is 19.1. The van der Waals surface area contributed by atoms with Gasteiger partial charge < -0.3 is 20.1 Å². The molecule has 0 radical (unpaired) electrons. The lowest BCUT2D eigenvalue weighted by atomic mass is 10.2. The van der Waals surface area contributed by atoms with Gasteiger partial charge in [0.2, 0.25) is 0 Å². The van der Waals surface area contributed by atoms with Gasteiger partial charge in [0.15, 0.2) is 0 Å². The molecule has 6 heteroatoms. The summed E-state index contributed by atoms with van der Waals surface area (Å²) >= 11 is 0. The standard InChI is InChI=1S/C21H21N3O3/c1-3-27-17-10-8-16(9-11-17)23-20-14-15(12-13-22-20)21(25)24-18-6-4-5-7-19(18)26-2/h4-14H,3H2,1-2H3,(H,22,23)(H,24,25).